The fraction of sp³-hybridized carbons (Fsp3) is 0.333. The minimum atomic E-state index is -0.226. The van der Waals surface area contributed by atoms with Gasteiger partial charge in [-0.2, -0.15) is 0 Å². The van der Waals surface area contributed by atoms with E-state index in [1.54, 1.807) is 0 Å². The SMILES string of the molecule is C[C@H](NC(=O)COc1ccccc1C(C)(C)C)c1nc2ccccc2[nH]1. The van der Waals surface area contributed by atoms with Crippen LogP contribution >= 0.6 is 0 Å². The first-order valence-electron chi connectivity index (χ1n) is 8.81. The number of H-pyrrole nitrogens is 1. The Morgan fingerprint density at radius 3 is 2.58 bits per heavy atom. The van der Waals surface area contributed by atoms with Crippen LogP contribution in [0.15, 0.2) is 48.5 Å². The number of para-hydroxylation sites is 3. The number of nitrogens with one attached hydrogen (secondary N) is 2. The van der Waals surface area contributed by atoms with Crippen molar-refractivity contribution in [3.05, 3.63) is 59.9 Å². The minimum Gasteiger partial charge on any atom is -0.483 e. The molecule has 0 saturated heterocycles. The molecule has 0 fully saturated rings. The van der Waals surface area contributed by atoms with Crippen LogP contribution in [-0.2, 0) is 10.2 Å². The summed E-state index contributed by atoms with van der Waals surface area (Å²) in [7, 11) is 0. The highest BCUT2D eigenvalue weighted by molar-refractivity contribution is 5.78. The number of hydrogen-bond donors (Lipinski definition) is 2. The second-order valence-corrected chi connectivity index (χ2v) is 7.46. The Kier molecular flexibility index (Phi) is 4.98. The second kappa shape index (κ2) is 7.20. The van der Waals surface area contributed by atoms with E-state index < -0.39 is 0 Å². The van der Waals surface area contributed by atoms with Crippen molar-refractivity contribution in [3.8, 4) is 5.75 Å². The highest BCUT2D eigenvalue weighted by Crippen LogP contribution is 2.30. The predicted octanol–water partition coefficient (Wildman–Crippen LogP) is 4.12. The molecule has 1 amide bonds. The lowest BCUT2D eigenvalue weighted by molar-refractivity contribution is -0.123. The summed E-state index contributed by atoms with van der Waals surface area (Å²) in [6, 6.07) is 15.4. The molecule has 0 aliphatic rings. The van der Waals surface area contributed by atoms with Gasteiger partial charge < -0.3 is 15.0 Å². The van der Waals surface area contributed by atoms with E-state index in [-0.39, 0.29) is 24.0 Å². The number of imidazole rings is 1. The van der Waals surface area contributed by atoms with Gasteiger partial charge in [-0.15, -0.1) is 0 Å². The fourth-order valence-electron chi connectivity index (χ4n) is 2.88. The summed E-state index contributed by atoms with van der Waals surface area (Å²) in [5.41, 5.74) is 2.88. The molecule has 5 heteroatoms. The van der Waals surface area contributed by atoms with Crippen molar-refractivity contribution in [2.75, 3.05) is 6.61 Å². The lowest BCUT2D eigenvalue weighted by atomic mass is 9.86. The second-order valence-electron chi connectivity index (χ2n) is 7.46. The van der Waals surface area contributed by atoms with Gasteiger partial charge in [-0.05, 0) is 36.1 Å². The van der Waals surface area contributed by atoms with Crippen LogP contribution in [0.2, 0.25) is 0 Å². The van der Waals surface area contributed by atoms with E-state index in [0.29, 0.717) is 0 Å². The molecule has 0 aliphatic heterocycles. The van der Waals surface area contributed by atoms with Gasteiger partial charge in [-0.25, -0.2) is 4.98 Å². The molecule has 2 N–H and O–H groups in total. The molecule has 0 spiro atoms. The van der Waals surface area contributed by atoms with E-state index in [9.17, 15) is 4.79 Å². The van der Waals surface area contributed by atoms with Gasteiger partial charge in [-0.3, -0.25) is 4.79 Å². The minimum absolute atomic E-state index is 0.0301. The molecule has 3 rings (SSSR count). The van der Waals surface area contributed by atoms with Crippen molar-refractivity contribution in [1.82, 2.24) is 15.3 Å². The number of carbonyl (C=O) groups excluding carboxylic acids is 1. The van der Waals surface area contributed by atoms with Gasteiger partial charge in [0.05, 0.1) is 17.1 Å². The lowest BCUT2D eigenvalue weighted by Crippen LogP contribution is -2.32. The molecule has 3 aromatic rings. The smallest absolute Gasteiger partial charge is 0.258 e. The standard InChI is InChI=1S/C21H25N3O2/c1-14(20-23-16-10-6-7-11-17(16)24-20)22-19(25)13-26-18-12-8-5-9-15(18)21(2,3)4/h5-12,14H,13H2,1-4H3,(H,22,25)(H,23,24)/t14-/m0/s1. The average Bonchev–Trinajstić information content (AvgIpc) is 3.04. The predicted molar refractivity (Wildman–Crippen MR) is 103 cm³/mol. The quantitative estimate of drug-likeness (QED) is 0.727. The molecule has 0 aliphatic carbocycles. The zero-order chi connectivity index (χ0) is 18.7. The molecule has 136 valence electrons. The molecular weight excluding hydrogens is 326 g/mol. The third-order valence-electron chi connectivity index (χ3n) is 4.25. The first-order valence-corrected chi connectivity index (χ1v) is 8.81. The molecular formula is C21H25N3O2. The largest absolute Gasteiger partial charge is 0.483 e. The summed E-state index contributed by atoms with van der Waals surface area (Å²) in [5.74, 6) is 1.29. The summed E-state index contributed by atoms with van der Waals surface area (Å²) in [5, 5.41) is 2.93. The van der Waals surface area contributed by atoms with Crippen molar-refractivity contribution in [2.45, 2.75) is 39.2 Å². The molecule has 1 heterocycles. The Hall–Kier alpha value is -2.82. The van der Waals surface area contributed by atoms with Gasteiger partial charge in [0.15, 0.2) is 6.61 Å². The molecule has 26 heavy (non-hydrogen) atoms. The highest BCUT2D eigenvalue weighted by atomic mass is 16.5. The maximum Gasteiger partial charge on any atom is 0.258 e. The summed E-state index contributed by atoms with van der Waals surface area (Å²) in [4.78, 5) is 20.1. The number of aromatic amines is 1. The van der Waals surface area contributed by atoms with Crippen molar-refractivity contribution >= 4 is 16.9 Å². The lowest BCUT2D eigenvalue weighted by Gasteiger charge is -2.22. The van der Waals surface area contributed by atoms with Crippen LogP contribution in [0.5, 0.6) is 5.75 Å². The van der Waals surface area contributed by atoms with Crippen LogP contribution < -0.4 is 10.1 Å². The number of carbonyl (C=O) groups is 1. The van der Waals surface area contributed by atoms with Crippen LogP contribution in [0.3, 0.4) is 0 Å². The fourth-order valence-corrected chi connectivity index (χ4v) is 2.88. The van der Waals surface area contributed by atoms with Crippen LogP contribution in [-0.4, -0.2) is 22.5 Å². The molecule has 0 unspecified atom stereocenters. The molecule has 1 aromatic heterocycles. The monoisotopic (exact) mass is 351 g/mol. The van der Waals surface area contributed by atoms with Gasteiger partial charge in [-0.1, -0.05) is 51.1 Å². The van der Waals surface area contributed by atoms with E-state index in [1.807, 2.05) is 55.5 Å². The maximum atomic E-state index is 12.3. The van der Waals surface area contributed by atoms with Crippen LogP contribution in [0.1, 0.15) is 45.1 Å². The molecule has 2 aromatic carbocycles. The Labute approximate surface area is 153 Å². The Balaban J connectivity index is 1.62. The number of hydrogen-bond acceptors (Lipinski definition) is 3. The Morgan fingerprint density at radius 1 is 1.15 bits per heavy atom. The number of ether oxygens (including phenoxy) is 1. The number of amides is 1. The topological polar surface area (TPSA) is 67.0 Å². The van der Waals surface area contributed by atoms with E-state index in [2.05, 4.69) is 36.1 Å². The zero-order valence-electron chi connectivity index (χ0n) is 15.7. The van der Waals surface area contributed by atoms with Gasteiger partial charge >= 0.3 is 0 Å². The molecule has 1 atom stereocenters. The van der Waals surface area contributed by atoms with Crippen LogP contribution in [0.25, 0.3) is 11.0 Å². The molecule has 0 bridgehead atoms. The third kappa shape index (κ3) is 4.04. The van der Waals surface area contributed by atoms with E-state index in [1.165, 1.54) is 0 Å². The van der Waals surface area contributed by atoms with Crippen LogP contribution in [0, 0.1) is 0 Å². The van der Waals surface area contributed by atoms with Crippen molar-refractivity contribution in [2.24, 2.45) is 0 Å². The van der Waals surface area contributed by atoms with Crippen molar-refractivity contribution < 1.29 is 9.53 Å². The van der Waals surface area contributed by atoms with Gasteiger partial charge in [0.25, 0.3) is 5.91 Å². The van der Waals surface area contributed by atoms with Crippen molar-refractivity contribution in [1.29, 1.82) is 0 Å². The number of aromatic nitrogens is 2. The first kappa shape index (κ1) is 18.0. The van der Waals surface area contributed by atoms with Crippen LogP contribution in [0.4, 0.5) is 0 Å². The Morgan fingerprint density at radius 2 is 1.85 bits per heavy atom. The van der Waals surface area contributed by atoms with E-state index in [0.717, 1.165) is 28.2 Å². The van der Waals surface area contributed by atoms with Gasteiger partial charge in [0, 0.05) is 0 Å². The summed E-state index contributed by atoms with van der Waals surface area (Å²) in [6.45, 7) is 8.24. The first-order chi connectivity index (χ1) is 12.3. The normalized spacial score (nSPS) is 12.8. The number of fused-ring (bicyclic) bond motifs is 1. The molecule has 0 radical (unpaired) electrons. The number of nitrogens with zero attached hydrogens (tertiary/aromatic N) is 1. The highest BCUT2D eigenvalue weighted by Gasteiger charge is 2.19. The third-order valence-corrected chi connectivity index (χ3v) is 4.25. The van der Waals surface area contributed by atoms with Gasteiger partial charge in [0.2, 0.25) is 0 Å². The number of rotatable bonds is 5. The average molecular weight is 351 g/mol. The zero-order valence-corrected chi connectivity index (χ0v) is 15.7. The maximum absolute atomic E-state index is 12.3. The summed E-state index contributed by atoms with van der Waals surface area (Å²) >= 11 is 0. The van der Waals surface area contributed by atoms with Crippen molar-refractivity contribution in [3.63, 3.8) is 0 Å². The van der Waals surface area contributed by atoms with E-state index in [4.69, 9.17) is 4.74 Å². The van der Waals surface area contributed by atoms with Gasteiger partial charge in [0.1, 0.15) is 11.6 Å². The summed E-state index contributed by atoms with van der Waals surface area (Å²) in [6.07, 6.45) is 0. The van der Waals surface area contributed by atoms with E-state index >= 15 is 0 Å². The number of benzene rings is 2. The molecule has 0 saturated carbocycles. The summed E-state index contributed by atoms with van der Waals surface area (Å²) < 4.78 is 5.78. The molecule has 5 nitrogen and oxygen atoms in total. The Bertz CT molecular complexity index is 876.